The van der Waals surface area contributed by atoms with Crippen molar-refractivity contribution < 1.29 is 9.59 Å². The smallest absolute Gasteiger partial charge is 0.253 e. The van der Waals surface area contributed by atoms with E-state index in [1.54, 1.807) is 18.4 Å². The molecule has 1 radical (unpaired) electrons. The Labute approximate surface area is 68.8 Å². The van der Waals surface area contributed by atoms with Gasteiger partial charge in [0.15, 0.2) is 0 Å². The number of hydrogen-bond donors (Lipinski definition) is 0. The molecular formula is C8H4ClO2. The first-order valence-corrected chi connectivity index (χ1v) is 3.30. The van der Waals surface area contributed by atoms with Gasteiger partial charge in [-0.3, -0.25) is 9.59 Å². The van der Waals surface area contributed by atoms with Gasteiger partial charge in [-0.05, 0) is 17.7 Å². The van der Waals surface area contributed by atoms with Crippen LogP contribution in [0.3, 0.4) is 0 Å². The summed E-state index contributed by atoms with van der Waals surface area (Å²) >= 11 is 5.17. The van der Waals surface area contributed by atoms with Crippen LogP contribution in [0.2, 0.25) is 0 Å². The Hall–Kier alpha value is -1.15. The molecule has 0 bridgehead atoms. The maximum absolute atomic E-state index is 10.6. The highest BCUT2D eigenvalue weighted by molar-refractivity contribution is 6.68. The fourth-order valence-electron chi connectivity index (χ4n) is 0.744. The Morgan fingerprint density at radius 2 is 2.00 bits per heavy atom. The van der Waals surface area contributed by atoms with Gasteiger partial charge in [-0.15, -0.1) is 0 Å². The lowest BCUT2D eigenvalue weighted by atomic mass is 10.1. The first-order valence-electron chi connectivity index (χ1n) is 2.92. The highest BCUT2D eigenvalue weighted by Crippen LogP contribution is 2.08. The van der Waals surface area contributed by atoms with E-state index in [0.29, 0.717) is 0 Å². The van der Waals surface area contributed by atoms with E-state index in [9.17, 15) is 9.59 Å². The van der Waals surface area contributed by atoms with E-state index < -0.39 is 5.24 Å². The molecule has 0 spiro atoms. The lowest BCUT2D eigenvalue weighted by molar-refractivity contribution is 0.108. The molecular weight excluding hydrogens is 164 g/mol. The Morgan fingerprint density at radius 3 is 2.45 bits per heavy atom. The van der Waals surface area contributed by atoms with Gasteiger partial charge in [0.2, 0.25) is 6.29 Å². The molecule has 11 heavy (non-hydrogen) atoms. The van der Waals surface area contributed by atoms with Crippen molar-refractivity contribution in [3.05, 3.63) is 35.4 Å². The molecule has 0 aliphatic heterocycles. The highest BCUT2D eigenvalue weighted by atomic mass is 35.5. The van der Waals surface area contributed by atoms with Gasteiger partial charge in [-0.1, -0.05) is 18.2 Å². The summed E-state index contributed by atoms with van der Waals surface area (Å²) in [5.41, 5.74) is 0.400. The van der Waals surface area contributed by atoms with Crippen LogP contribution < -0.4 is 0 Å². The molecule has 55 valence electrons. The number of benzene rings is 1. The summed E-state index contributed by atoms with van der Waals surface area (Å²) in [4.78, 5) is 20.8. The van der Waals surface area contributed by atoms with Crippen molar-refractivity contribution in [1.29, 1.82) is 0 Å². The summed E-state index contributed by atoms with van der Waals surface area (Å²) < 4.78 is 0. The van der Waals surface area contributed by atoms with Crippen LogP contribution in [-0.2, 0) is 4.79 Å². The molecule has 0 aliphatic rings. The van der Waals surface area contributed by atoms with Gasteiger partial charge in [-0.2, -0.15) is 0 Å². The standard InChI is InChI=1S/C8H4ClO2/c9-8(11)7-4-2-1-3-6(7)5-10/h1-4H. The van der Waals surface area contributed by atoms with Crippen LogP contribution in [0.1, 0.15) is 15.9 Å². The molecule has 0 aliphatic carbocycles. The molecule has 0 heterocycles. The predicted molar refractivity (Wildman–Crippen MR) is 41.4 cm³/mol. The monoisotopic (exact) mass is 167 g/mol. The minimum Gasteiger partial charge on any atom is -0.285 e. The molecule has 0 fully saturated rings. The van der Waals surface area contributed by atoms with Crippen molar-refractivity contribution in [2.45, 2.75) is 0 Å². The molecule has 0 saturated carbocycles. The molecule has 1 rings (SSSR count). The predicted octanol–water partition coefficient (Wildman–Crippen LogP) is 1.52. The quantitative estimate of drug-likeness (QED) is 0.626. The van der Waals surface area contributed by atoms with Gasteiger partial charge in [0, 0.05) is 11.1 Å². The van der Waals surface area contributed by atoms with Crippen molar-refractivity contribution >= 4 is 23.1 Å². The van der Waals surface area contributed by atoms with E-state index in [0.717, 1.165) is 0 Å². The van der Waals surface area contributed by atoms with Crippen LogP contribution in [0.15, 0.2) is 24.3 Å². The minimum atomic E-state index is -0.635. The largest absolute Gasteiger partial charge is 0.285 e. The Kier molecular flexibility index (Phi) is 2.39. The molecule has 0 amide bonds. The molecule has 0 saturated heterocycles. The van der Waals surface area contributed by atoms with E-state index in [1.807, 2.05) is 0 Å². The van der Waals surface area contributed by atoms with E-state index in [2.05, 4.69) is 0 Å². The van der Waals surface area contributed by atoms with Gasteiger partial charge >= 0.3 is 0 Å². The SMILES string of the molecule is O=[C]c1ccccc1C(=O)Cl. The lowest BCUT2D eigenvalue weighted by Gasteiger charge is -1.94. The zero-order valence-electron chi connectivity index (χ0n) is 5.50. The average molecular weight is 168 g/mol. The number of carbonyl (C=O) groups is 1. The van der Waals surface area contributed by atoms with Gasteiger partial charge in [0.25, 0.3) is 5.24 Å². The molecule has 1 aromatic carbocycles. The highest BCUT2D eigenvalue weighted by Gasteiger charge is 2.06. The Balaban J connectivity index is 3.22. The normalized spacial score (nSPS) is 9.18. The fraction of sp³-hybridized carbons (Fsp3) is 0. The van der Waals surface area contributed by atoms with Crippen molar-refractivity contribution in [2.24, 2.45) is 0 Å². The zero-order chi connectivity index (χ0) is 8.27. The first kappa shape index (κ1) is 7.95. The van der Waals surface area contributed by atoms with Gasteiger partial charge in [0.05, 0.1) is 0 Å². The van der Waals surface area contributed by atoms with Gasteiger partial charge < -0.3 is 0 Å². The summed E-state index contributed by atoms with van der Waals surface area (Å²) in [5.74, 6) is 0. The molecule has 1 aromatic rings. The Bertz CT molecular complexity index is 294. The fourth-order valence-corrected chi connectivity index (χ4v) is 0.908. The second-order valence-corrected chi connectivity index (χ2v) is 2.26. The van der Waals surface area contributed by atoms with Crippen LogP contribution in [-0.4, -0.2) is 11.5 Å². The maximum Gasteiger partial charge on any atom is 0.253 e. The van der Waals surface area contributed by atoms with E-state index in [-0.39, 0.29) is 11.1 Å². The number of rotatable bonds is 2. The van der Waals surface area contributed by atoms with Crippen LogP contribution in [0.4, 0.5) is 0 Å². The second-order valence-electron chi connectivity index (χ2n) is 1.92. The van der Waals surface area contributed by atoms with Crippen LogP contribution in [0, 0.1) is 0 Å². The van der Waals surface area contributed by atoms with E-state index in [1.165, 1.54) is 12.1 Å². The van der Waals surface area contributed by atoms with Crippen molar-refractivity contribution in [1.82, 2.24) is 0 Å². The molecule has 3 heteroatoms. The number of halogens is 1. The van der Waals surface area contributed by atoms with E-state index in [4.69, 9.17) is 11.6 Å². The summed E-state index contributed by atoms with van der Waals surface area (Å²) in [6, 6.07) is 6.25. The Morgan fingerprint density at radius 1 is 1.36 bits per heavy atom. The summed E-state index contributed by atoms with van der Waals surface area (Å²) in [6.07, 6.45) is 1.62. The molecule has 0 atom stereocenters. The third kappa shape index (κ3) is 1.65. The van der Waals surface area contributed by atoms with E-state index >= 15 is 0 Å². The third-order valence-electron chi connectivity index (χ3n) is 1.25. The topological polar surface area (TPSA) is 34.1 Å². The maximum atomic E-state index is 10.6. The van der Waals surface area contributed by atoms with Crippen molar-refractivity contribution in [3.63, 3.8) is 0 Å². The van der Waals surface area contributed by atoms with Crippen molar-refractivity contribution in [2.75, 3.05) is 0 Å². The summed E-state index contributed by atoms with van der Waals surface area (Å²) in [5, 5.41) is -0.635. The van der Waals surface area contributed by atoms with Crippen LogP contribution >= 0.6 is 11.6 Å². The molecule has 0 aromatic heterocycles. The average Bonchev–Trinajstić information content (AvgIpc) is 2.04. The zero-order valence-corrected chi connectivity index (χ0v) is 6.26. The second kappa shape index (κ2) is 3.30. The first-order chi connectivity index (χ1) is 5.25. The minimum absolute atomic E-state index is 0.198. The summed E-state index contributed by atoms with van der Waals surface area (Å²) in [7, 11) is 0. The molecule has 2 nitrogen and oxygen atoms in total. The third-order valence-corrected chi connectivity index (χ3v) is 1.45. The number of hydrogen-bond acceptors (Lipinski definition) is 2. The lowest BCUT2D eigenvalue weighted by Crippen LogP contribution is -1.94. The molecule has 0 unspecified atom stereocenters. The van der Waals surface area contributed by atoms with Crippen LogP contribution in [0.5, 0.6) is 0 Å². The summed E-state index contributed by atoms with van der Waals surface area (Å²) in [6.45, 7) is 0. The van der Waals surface area contributed by atoms with Gasteiger partial charge in [0.1, 0.15) is 0 Å². The molecule has 0 N–H and O–H groups in total. The van der Waals surface area contributed by atoms with Crippen LogP contribution in [0.25, 0.3) is 0 Å². The number of carbonyl (C=O) groups excluding carboxylic acids is 2. The van der Waals surface area contributed by atoms with Gasteiger partial charge in [-0.25, -0.2) is 0 Å². The van der Waals surface area contributed by atoms with Crippen molar-refractivity contribution in [3.8, 4) is 0 Å².